The minimum atomic E-state index is -0.632. The van der Waals surface area contributed by atoms with Gasteiger partial charge in [-0.15, -0.1) is 11.3 Å². The van der Waals surface area contributed by atoms with Crippen LogP contribution in [0.4, 0.5) is 8.78 Å². The molecule has 7 heteroatoms. The Morgan fingerprint density at radius 2 is 2.11 bits per heavy atom. The van der Waals surface area contributed by atoms with Gasteiger partial charge < -0.3 is 9.55 Å². The van der Waals surface area contributed by atoms with Crippen LogP contribution in [0.2, 0.25) is 0 Å². The molecule has 0 saturated carbocycles. The highest BCUT2D eigenvalue weighted by molar-refractivity contribution is 9.11. The zero-order valence-electron chi connectivity index (χ0n) is 9.41. The third-order valence-electron chi connectivity index (χ3n) is 2.74. The quantitative estimate of drug-likeness (QED) is 0.647. The van der Waals surface area contributed by atoms with Crippen LogP contribution in [0, 0.1) is 16.4 Å². The molecule has 0 spiro atoms. The van der Waals surface area contributed by atoms with Crippen molar-refractivity contribution in [3.63, 3.8) is 0 Å². The van der Waals surface area contributed by atoms with Crippen LogP contribution in [0.3, 0.4) is 0 Å². The van der Waals surface area contributed by atoms with Crippen molar-refractivity contribution in [3.05, 3.63) is 49.3 Å². The molecule has 0 saturated heterocycles. The molecule has 19 heavy (non-hydrogen) atoms. The minimum absolute atomic E-state index is 0.238. The van der Waals surface area contributed by atoms with E-state index >= 15 is 0 Å². The molecule has 0 aliphatic heterocycles. The molecule has 0 amide bonds. The van der Waals surface area contributed by atoms with Gasteiger partial charge in [-0.05, 0) is 46.3 Å². The summed E-state index contributed by atoms with van der Waals surface area (Å²) in [6.45, 7) is 0.484. The summed E-state index contributed by atoms with van der Waals surface area (Å²) in [6.07, 6.45) is 0. The van der Waals surface area contributed by atoms with Gasteiger partial charge in [0, 0.05) is 10.9 Å². The molecule has 2 nitrogen and oxygen atoms in total. The van der Waals surface area contributed by atoms with Crippen molar-refractivity contribution >= 4 is 50.5 Å². The van der Waals surface area contributed by atoms with Gasteiger partial charge in [0.15, 0.2) is 10.6 Å². The highest BCUT2D eigenvalue weighted by Gasteiger charge is 2.11. The predicted molar refractivity (Wildman–Crippen MR) is 78.2 cm³/mol. The molecule has 0 bridgehead atoms. The molecule has 1 N–H and O–H groups in total. The number of hydrogen-bond acceptors (Lipinski definition) is 2. The summed E-state index contributed by atoms with van der Waals surface area (Å²) >= 11 is 10.1. The molecule has 1 aromatic carbocycles. The third-order valence-corrected chi connectivity index (χ3v) is 4.68. The average Bonchev–Trinajstić information content (AvgIpc) is 2.87. The van der Waals surface area contributed by atoms with E-state index in [0.717, 1.165) is 14.7 Å². The average molecular weight is 361 g/mol. The summed E-state index contributed by atoms with van der Waals surface area (Å²) in [5, 5.41) is 0. The molecule has 0 aliphatic carbocycles. The number of rotatable bonds is 2. The smallest absolute Gasteiger partial charge is 0.178 e. The Bertz CT molecular complexity index is 819. The zero-order chi connectivity index (χ0) is 13.6. The van der Waals surface area contributed by atoms with E-state index < -0.39 is 11.6 Å². The van der Waals surface area contributed by atoms with Gasteiger partial charge in [0.2, 0.25) is 0 Å². The van der Waals surface area contributed by atoms with Crippen molar-refractivity contribution in [1.29, 1.82) is 0 Å². The fourth-order valence-corrected chi connectivity index (χ4v) is 3.67. The standard InChI is InChI=1S/C12H7BrF2N2S2/c13-10-2-1-7(19-10)5-17-9-4-6(14)3-8(15)11(9)16-12(17)18/h1-4H,5H2,(H,16,18). The fraction of sp³-hybridized carbons (Fsp3) is 0.0833. The molecule has 0 unspecified atom stereocenters. The maximum absolute atomic E-state index is 13.6. The van der Waals surface area contributed by atoms with Gasteiger partial charge in [-0.1, -0.05) is 0 Å². The molecule has 2 aromatic heterocycles. The van der Waals surface area contributed by atoms with E-state index in [1.807, 2.05) is 12.1 Å². The van der Waals surface area contributed by atoms with Gasteiger partial charge in [-0.2, -0.15) is 0 Å². The van der Waals surface area contributed by atoms with Crippen LogP contribution in [-0.4, -0.2) is 9.55 Å². The number of imidazole rings is 1. The number of fused-ring (bicyclic) bond motifs is 1. The third kappa shape index (κ3) is 2.37. The van der Waals surface area contributed by atoms with Gasteiger partial charge in [0.25, 0.3) is 0 Å². The van der Waals surface area contributed by atoms with E-state index in [1.165, 1.54) is 6.07 Å². The monoisotopic (exact) mass is 360 g/mol. The molecular weight excluding hydrogens is 354 g/mol. The first-order chi connectivity index (χ1) is 9.04. The summed E-state index contributed by atoms with van der Waals surface area (Å²) in [5.41, 5.74) is 0.675. The zero-order valence-corrected chi connectivity index (χ0v) is 12.6. The van der Waals surface area contributed by atoms with Crippen LogP contribution in [0.15, 0.2) is 28.1 Å². The summed E-state index contributed by atoms with van der Waals surface area (Å²) < 4.78 is 30.0. The van der Waals surface area contributed by atoms with E-state index in [0.29, 0.717) is 16.8 Å². The Morgan fingerprint density at radius 3 is 2.79 bits per heavy atom. The van der Waals surface area contributed by atoms with Crippen LogP contribution < -0.4 is 0 Å². The lowest BCUT2D eigenvalue weighted by Gasteiger charge is -2.02. The molecule has 3 rings (SSSR count). The maximum Gasteiger partial charge on any atom is 0.178 e. The second kappa shape index (κ2) is 4.81. The Kier molecular flexibility index (Phi) is 3.28. The molecule has 0 atom stereocenters. The minimum Gasteiger partial charge on any atom is -0.328 e. The maximum atomic E-state index is 13.6. The van der Waals surface area contributed by atoms with Crippen molar-refractivity contribution in [2.45, 2.75) is 6.54 Å². The van der Waals surface area contributed by atoms with Crippen LogP contribution in [0.25, 0.3) is 11.0 Å². The highest BCUT2D eigenvalue weighted by atomic mass is 79.9. The summed E-state index contributed by atoms with van der Waals surface area (Å²) in [5.74, 6) is -1.24. The van der Waals surface area contributed by atoms with Crippen molar-refractivity contribution in [2.24, 2.45) is 0 Å². The van der Waals surface area contributed by atoms with Crippen LogP contribution in [0.5, 0.6) is 0 Å². The predicted octanol–water partition coefficient (Wildman–Crippen LogP) is 4.85. The summed E-state index contributed by atoms with van der Waals surface area (Å²) in [6, 6.07) is 6.01. The number of H-pyrrole nitrogens is 1. The Labute approximate surface area is 124 Å². The van der Waals surface area contributed by atoms with Crippen molar-refractivity contribution in [2.75, 3.05) is 0 Å². The first-order valence-corrected chi connectivity index (χ1v) is 7.38. The molecule has 0 aliphatic rings. The largest absolute Gasteiger partial charge is 0.328 e. The van der Waals surface area contributed by atoms with Gasteiger partial charge in [-0.3, -0.25) is 0 Å². The van der Waals surface area contributed by atoms with Crippen LogP contribution >= 0.6 is 39.5 Å². The normalized spacial score (nSPS) is 11.3. The number of benzene rings is 1. The SMILES string of the molecule is Fc1cc(F)c2[nH]c(=S)n(Cc3ccc(Br)s3)c2c1. The second-order valence-electron chi connectivity index (χ2n) is 4.00. The molecule has 2 heterocycles. The first kappa shape index (κ1) is 13.0. The highest BCUT2D eigenvalue weighted by Crippen LogP contribution is 2.25. The van der Waals surface area contributed by atoms with E-state index in [2.05, 4.69) is 20.9 Å². The van der Waals surface area contributed by atoms with Crippen LogP contribution in [0.1, 0.15) is 4.88 Å². The number of hydrogen-bond donors (Lipinski definition) is 1. The number of nitrogens with one attached hydrogen (secondary N) is 1. The topological polar surface area (TPSA) is 20.7 Å². The van der Waals surface area contributed by atoms with Crippen LogP contribution in [-0.2, 0) is 6.54 Å². The molecule has 98 valence electrons. The molecular formula is C12H7BrF2N2S2. The van der Waals surface area contributed by atoms with Gasteiger partial charge in [0.1, 0.15) is 11.3 Å². The van der Waals surface area contributed by atoms with E-state index in [1.54, 1.807) is 15.9 Å². The Hall–Kier alpha value is -1.05. The van der Waals surface area contributed by atoms with E-state index in [-0.39, 0.29) is 5.52 Å². The lowest BCUT2D eigenvalue weighted by molar-refractivity contribution is 0.590. The fourth-order valence-electron chi connectivity index (χ4n) is 1.93. The number of nitrogens with zero attached hydrogens (tertiary/aromatic N) is 1. The molecule has 0 radical (unpaired) electrons. The molecule has 0 fully saturated rings. The van der Waals surface area contributed by atoms with Gasteiger partial charge >= 0.3 is 0 Å². The van der Waals surface area contributed by atoms with Gasteiger partial charge in [0.05, 0.1) is 15.8 Å². The van der Waals surface area contributed by atoms with Gasteiger partial charge in [-0.25, -0.2) is 8.78 Å². The van der Waals surface area contributed by atoms with E-state index in [4.69, 9.17) is 12.2 Å². The molecule has 3 aromatic rings. The van der Waals surface area contributed by atoms with E-state index in [9.17, 15) is 8.78 Å². The number of halogens is 3. The van der Waals surface area contributed by atoms with Crippen molar-refractivity contribution in [1.82, 2.24) is 9.55 Å². The number of aromatic amines is 1. The summed E-state index contributed by atoms with van der Waals surface area (Å²) in [7, 11) is 0. The summed E-state index contributed by atoms with van der Waals surface area (Å²) in [4.78, 5) is 3.83. The Balaban J connectivity index is 2.18. The van der Waals surface area contributed by atoms with Crippen molar-refractivity contribution < 1.29 is 8.78 Å². The first-order valence-electron chi connectivity index (χ1n) is 5.36. The lowest BCUT2D eigenvalue weighted by Crippen LogP contribution is -1.98. The number of thiophene rings is 1. The second-order valence-corrected chi connectivity index (χ2v) is 6.94. The Morgan fingerprint density at radius 1 is 1.32 bits per heavy atom. The lowest BCUT2D eigenvalue weighted by atomic mass is 10.3. The van der Waals surface area contributed by atoms with Crippen molar-refractivity contribution in [3.8, 4) is 0 Å². The number of aromatic nitrogens is 2.